The Bertz CT molecular complexity index is 987. The van der Waals surface area contributed by atoms with Crippen molar-refractivity contribution in [2.75, 3.05) is 39.8 Å². The van der Waals surface area contributed by atoms with Crippen LogP contribution in [0.1, 0.15) is 31.7 Å². The lowest BCUT2D eigenvalue weighted by atomic mass is 9.71. The lowest BCUT2D eigenvalue weighted by Crippen LogP contribution is -2.59. The van der Waals surface area contributed by atoms with Crippen molar-refractivity contribution in [1.29, 1.82) is 0 Å². The highest BCUT2D eigenvalue weighted by Crippen LogP contribution is 2.38. The van der Waals surface area contributed by atoms with E-state index in [4.69, 9.17) is 9.15 Å². The molecule has 30 heavy (non-hydrogen) atoms. The van der Waals surface area contributed by atoms with E-state index in [1.807, 2.05) is 17.9 Å². The van der Waals surface area contributed by atoms with Crippen molar-refractivity contribution in [3.63, 3.8) is 0 Å². The van der Waals surface area contributed by atoms with Crippen LogP contribution < -0.4 is 10.4 Å². The Balaban J connectivity index is 1.43. The first-order valence-electron chi connectivity index (χ1n) is 10.7. The summed E-state index contributed by atoms with van der Waals surface area (Å²) in [6.45, 7) is 4.86. The molecule has 2 saturated heterocycles. The zero-order valence-corrected chi connectivity index (χ0v) is 17.7. The van der Waals surface area contributed by atoms with Crippen molar-refractivity contribution >= 4 is 16.9 Å². The number of hydrogen-bond acceptors (Lipinski definition) is 6. The van der Waals surface area contributed by atoms with Gasteiger partial charge in [-0.05, 0) is 50.4 Å². The van der Waals surface area contributed by atoms with Crippen LogP contribution >= 0.6 is 0 Å². The van der Waals surface area contributed by atoms with E-state index in [1.165, 1.54) is 6.07 Å². The van der Waals surface area contributed by atoms with Crippen LogP contribution in [0, 0.1) is 5.41 Å². The number of carbonyl (C=O) groups excluding carboxylic acids is 1. The second-order valence-electron chi connectivity index (χ2n) is 8.71. The molecule has 7 heteroatoms. The first kappa shape index (κ1) is 20.9. The lowest BCUT2D eigenvalue weighted by molar-refractivity contribution is -0.142. The van der Waals surface area contributed by atoms with Gasteiger partial charge in [-0.15, -0.1) is 0 Å². The standard InChI is InChI=1S/C23H30N2O5/c1-3-16-11-22(28)30-19-12-17(5-6-18(16)19)29-13-21(27)25-9-4-8-23(15-25)14-24(2)10-7-20(23)26/h5-6,11-12,20,26H,3-4,7-10,13-15H2,1-2H3/t20-,23-/m0/s1. The molecule has 1 N–H and O–H groups in total. The van der Waals surface area contributed by atoms with Crippen LogP contribution in [-0.2, 0) is 11.2 Å². The molecule has 3 heterocycles. The molecular formula is C23H30N2O5. The third kappa shape index (κ3) is 4.09. The van der Waals surface area contributed by atoms with E-state index in [1.54, 1.807) is 12.1 Å². The summed E-state index contributed by atoms with van der Waals surface area (Å²) in [5.74, 6) is 0.412. The fourth-order valence-corrected chi connectivity index (χ4v) is 4.97. The number of aliphatic hydroxyl groups is 1. The maximum absolute atomic E-state index is 12.8. The zero-order valence-electron chi connectivity index (χ0n) is 17.7. The van der Waals surface area contributed by atoms with Crippen molar-refractivity contribution in [2.24, 2.45) is 5.41 Å². The van der Waals surface area contributed by atoms with Crippen molar-refractivity contribution in [1.82, 2.24) is 9.80 Å². The van der Waals surface area contributed by atoms with Gasteiger partial charge in [-0.2, -0.15) is 0 Å². The number of carbonyl (C=O) groups is 1. The molecule has 2 aromatic rings. The monoisotopic (exact) mass is 414 g/mol. The number of nitrogens with zero attached hydrogens (tertiary/aromatic N) is 2. The quantitative estimate of drug-likeness (QED) is 0.771. The average Bonchev–Trinajstić information content (AvgIpc) is 2.74. The number of piperidine rings is 2. The first-order valence-corrected chi connectivity index (χ1v) is 10.7. The Morgan fingerprint density at radius 2 is 2.13 bits per heavy atom. The van der Waals surface area contributed by atoms with Gasteiger partial charge in [0.1, 0.15) is 11.3 Å². The maximum atomic E-state index is 12.8. The Hall–Kier alpha value is -2.38. The molecule has 2 aliphatic heterocycles. The number of aliphatic hydroxyl groups excluding tert-OH is 1. The summed E-state index contributed by atoms with van der Waals surface area (Å²) in [6, 6.07) is 6.84. The van der Waals surface area contributed by atoms with Crippen LogP contribution in [0.4, 0.5) is 0 Å². The van der Waals surface area contributed by atoms with Crippen LogP contribution in [0.5, 0.6) is 5.75 Å². The highest BCUT2D eigenvalue weighted by atomic mass is 16.5. The summed E-state index contributed by atoms with van der Waals surface area (Å²) in [7, 11) is 2.07. The Morgan fingerprint density at radius 1 is 1.30 bits per heavy atom. The van der Waals surface area contributed by atoms with Crippen LogP contribution in [-0.4, -0.2) is 66.8 Å². The number of likely N-dealkylation sites (tertiary alicyclic amines) is 2. The largest absolute Gasteiger partial charge is 0.484 e. The minimum atomic E-state index is -0.387. The van der Waals surface area contributed by atoms with Crippen molar-refractivity contribution in [3.05, 3.63) is 40.2 Å². The van der Waals surface area contributed by atoms with Gasteiger partial charge in [-0.25, -0.2) is 4.79 Å². The summed E-state index contributed by atoms with van der Waals surface area (Å²) < 4.78 is 11.0. The van der Waals surface area contributed by atoms with Crippen LogP contribution in [0.3, 0.4) is 0 Å². The minimum Gasteiger partial charge on any atom is -0.484 e. The lowest BCUT2D eigenvalue weighted by Gasteiger charge is -2.50. The van der Waals surface area contributed by atoms with Gasteiger partial charge in [-0.1, -0.05) is 6.92 Å². The van der Waals surface area contributed by atoms with Crippen molar-refractivity contribution in [2.45, 2.75) is 38.7 Å². The van der Waals surface area contributed by atoms with E-state index >= 15 is 0 Å². The molecule has 1 amide bonds. The van der Waals surface area contributed by atoms with E-state index in [0.29, 0.717) is 24.4 Å². The Labute approximate surface area is 176 Å². The molecule has 1 aromatic carbocycles. The molecule has 0 unspecified atom stereocenters. The minimum absolute atomic E-state index is 0.0782. The summed E-state index contributed by atoms with van der Waals surface area (Å²) in [6.07, 6.45) is 2.93. The number of hydrogen-bond donors (Lipinski definition) is 1. The van der Waals surface area contributed by atoms with Gasteiger partial charge in [0, 0.05) is 49.1 Å². The molecule has 4 rings (SSSR count). The molecule has 0 aliphatic carbocycles. The van der Waals surface area contributed by atoms with Crippen molar-refractivity contribution < 1.29 is 19.1 Å². The summed E-state index contributed by atoms with van der Waals surface area (Å²) >= 11 is 0. The van der Waals surface area contributed by atoms with Gasteiger partial charge in [0.25, 0.3) is 5.91 Å². The van der Waals surface area contributed by atoms with E-state index in [0.717, 1.165) is 49.7 Å². The molecule has 2 fully saturated rings. The van der Waals surface area contributed by atoms with E-state index < -0.39 is 0 Å². The molecule has 1 aromatic heterocycles. The van der Waals surface area contributed by atoms with Crippen LogP contribution in [0.2, 0.25) is 0 Å². The Morgan fingerprint density at radius 3 is 2.93 bits per heavy atom. The predicted octanol–water partition coefficient (Wildman–Crippen LogP) is 2.04. The normalized spacial score (nSPS) is 25.0. The van der Waals surface area contributed by atoms with Gasteiger partial charge in [0.05, 0.1) is 6.10 Å². The molecule has 1 spiro atoms. The SMILES string of the molecule is CCc1cc(=O)oc2cc(OCC(=O)N3CCC[C@]4(CN(C)CC[C@@H]4O)C3)ccc12. The molecule has 0 saturated carbocycles. The maximum Gasteiger partial charge on any atom is 0.336 e. The van der Waals surface area contributed by atoms with Crippen LogP contribution in [0.25, 0.3) is 11.0 Å². The summed E-state index contributed by atoms with van der Waals surface area (Å²) in [5.41, 5.74) is 0.763. The average molecular weight is 415 g/mol. The van der Waals surface area contributed by atoms with E-state index in [2.05, 4.69) is 11.9 Å². The number of fused-ring (bicyclic) bond motifs is 1. The van der Waals surface area contributed by atoms with Crippen molar-refractivity contribution in [3.8, 4) is 5.75 Å². The summed E-state index contributed by atoms with van der Waals surface area (Å²) in [5, 5.41) is 11.5. The predicted molar refractivity (Wildman–Crippen MR) is 114 cm³/mol. The first-order chi connectivity index (χ1) is 14.4. The Kier molecular flexibility index (Phi) is 5.84. The smallest absolute Gasteiger partial charge is 0.336 e. The third-order valence-corrected chi connectivity index (χ3v) is 6.58. The number of aryl methyl sites for hydroxylation is 1. The topological polar surface area (TPSA) is 83.2 Å². The van der Waals surface area contributed by atoms with Gasteiger partial charge in [-0.3, -0.25) is 4.79 Å². The molecule has 162 valence electrons. The van der Waals surface area contributed by atoms with Crippen LogP contribution in [0.15, 0.2) is 33.5 Å². The van der Waals surface area contributed by atoms with Gasteiger partial charge in [0.15, 0.2) is 6.61 Å². The third-order valence-electron chi connectivity index (χ3n) is 6.58. The second kappa shape index (κ2) is 8.40. The van der Waals surface area contributed by atoms with Gasteiger partial charge < -0.3 is 24.1 Å². The number of ether oxygens (including phenoxy) is 1. The van der Waals surface area contributed by atoms with E-state index in [9.17, 15) is 14.7 Å². The fourth-order valence-electron chi connectivity index (χ4n) is 4.97. The zero-order chi connectivity index (χ0) is 21.3. The highest BCUT2D eigenvalue weighted by Gasteiger charge is 2.45. The number of amides is 1. The molecule has 2 atom stereocenters. The molecule has 2 aliphatic rings. The number of benzene rings is 1. The second-order valence-corrected chi connectivity index (χ2v) is 8.71. The molecule has 7 nitrogen and oxygen atoms in total. The molecular weight excluding hydrogens is 384 g/mol. The fraction of sp³-hybridized carbons (Fsp3) is 0.565. The number of rotatable bonds is 4. The highest BCUT2D eigenvalue weighted by molar-refractivity contribution is 5.82. The molecule has 0 bridgehead atoms. The van der Waals surface area contributed by atoms with Gasteiger partial charge >= 0.3 is 5.63 Å². The summed E-state index contributed by atoms with van der Waals surface area (Å²) in [4.78, 5) is 28.7. The molecule has 0 radical (unpaired) electrons. The van der Waals surface area contributed by atoms with E-state index in [-0.39, 0.29) is 29.7 Å². The van der Waals surface area contributed by atoms with Gasteiger partial charge in [0.2, 0.25) is 0 Å².